The number of hydrogen-bond acceptors (Lipinski definition) is 5. The molecule has 1 saturated heterocycles. The fraction of sp³-hybridized carbons (Fsp3) is 0.478. The topological polar surface area (TPSA) is 68.2 Å². The lowest BCUT2D eigenvalue weighted by Crippen LogP contribution is -2.40. The zero-order valence-electron chi connectivity index (χ0n) is 18.2. The van der Waals surface area contributed by atoms with Gasteiger partial charge in [0.1, 0.15) is 11.6 Å². The molecule has 1 fully saturated rings. The molecule has 1 aromatic heterocycles. The van der Waals surface area contributed by atoms with Crippen LogP contribution in [0.1, 0.15) is 18.9 Å². The summed E-state index contributed by atoms with van der Waals surface area (Å²) in [4.78, 5) is 11.4. The normalized spacial score (nSPS) is 16.5. The number of aromatic nitrogens is 1. The zero-order valence-corrected chi connectivity index (χ0v) is 18.2. The fourth-order valence-electron chi connectivity index (χ4n) is 3.36. The van der Waals surface area contributed by atoms with Gasteiger partial charge in [0.05, 0.1) is 26.4 Å². The molecule has 8 heteroatoms. The van der Waals surface area contributed by atoms with E-state index in [1.165, 1.54) is 12.1 Å². The Labute approximate surface area is 183 Å². The van der Waals surface area contributed by atoms with Crippen LogP contribution in [-0.4, -0.2) is 62.4 Å². The van der Waals surface area contributed by atoms with Gasteiger partial charge in [-0.15, -0.1) is 0 Å². The van der Waals surface area contributed by atoms with Crippen LogP contribution >= 0.6 is 0 Å². The highest BCUT2D eigenvalue weighted by molar-refractivity contribution is 5.80. The Morgan fingerprint density at radius 1 is 1.29 bits per heavy atom. The number of aliphatic imine (C=N–C) groups is 1. The summed E-state index contributed by atoms with van der Waals surface area (Å²) in [5.41, 5.74) is 0.973. The molecule has 1 unspecified atom stereocenters. The van der Waals surface area contributed by atoms with Gasteiger partial charge in [-0.25, -0.2) is 14.4 Å². The summed E-state index contributed by atoms with van der Waals surface area (Å²) in [6.45, 7) is 7.28. The maximum atomic E-state index is 13.3. The second-order valence-corrected chi connectivity index (χ2v) is 7.40. The van der Waals surface area contributed by atoms with Crippen LogP contribution in [-0.2, 0) is 16.0 Å². The van der Waals surface area contributed by atoms with Crippen molar-refractivity contribution in [3.63, 3.8) is 0 Å². The lowest BCUT2D eigenvalue weighted by molar-refractivity contribution is 0.0536. The van der Waals surface area contributed by atoms with Crippen molar-refractivity contribution in [3.8, 4) is 11.6 Å². The van der Waals surface area contributed by atoms with Gasteiger partial charge in [0.15, 0.2) is 5.96 Å². The number of likely N-dealkylation sites (tertiary alicyclic amines) is 1. The van der Waals surface area contributed by atoms with Gasteiger partial charge in [-0.1, -0.05) is 12.1 Å². The second kappa shape index (κ2) is 12.2. The minimum atomic E-state index is -0.342. The predicted octanol–water partition coefficient (Wildman–Crippen LogP) is 3.46. The van der Waals surface area contributed by atoms with E-state index in [0.29, 0.717) is 37.3 Å². The van der Waals surface area contributed by atoms with Crippen LogP contribution in [0.15, 0.2) is 47.6 Å². The number of guanidine groups is 1. The average molecular weight is 431 g/mol. The van der Waals surface area contributed by atoms with E-state index in [9.17, 15) is 4.39 Å². The molecular formula is C23H31FN4O3. The highest BCUT2D eigenvalue weighted by Gasteiger charge is 2.24. The van der Waals surface area contributed by atoms with Crippen LogP contribution in [0.2, 0.25) is 0 Å². The second-order valence-electron chi connectivity index (χ2n) is 7.40. The first-order valence-corrected chi connectivity index (χ1v) is 10.7. The molecule has 31 heavy (non-hydrogen) atoms. The molecule has 2 heterocycles. The summed E-state index contributed by atoms with van der Waals surface area (Å²) in [5.74, 6) is 1.90. The first-order chi connectivity index (χ1) is 15.2. The fourth-order valence-corrected chi connectivity index (χ4v) is 3.36. The molecule has 1 aliphatic heterocycles. The molecule has 0 aliphatic carbocycles. The number of benzene rings is 1. The number of nitrogens with zero attached hydrogens (tertiary/aromatic N) is 3. The summed E-state index contributed by atoms with van der Waals surface area (Å²) in [5, 5.41) is 3.38. The molecule has 0 amide bonds. The Kier molecular flexibility index (Phi) is 9.05. The van der Waals surface area contributed by atoms with Crippen molar-refractivity contribution in [2.75, 3.05) is 46.6 Å². The van der Waals surface area contributed by atoms with Crippen molar-refractivity contribution in [2.45, 2.75) is 19.9 Å². The Morgan fingerprint density at radius 3 is 2.94 bits per heavy atom. The van der Waals surface area contributed by atoms with Crippen molar-refractivity contribution < 1.29 is 18.6 Å². The van der Waals surface area contributed by atoms with E-state index in [-0.39, 0.29) is 5.82 Å². The van der Waals surface area contributed by atoms with E-state index in [4.69, 9.17) is 19.2 Å². The summed E-state index contributed by atoms with van der Waals surface area (Å²) >= 11 is 0. The van der Waals surface area contributed by atoms with Crippen molar-refractivity contribution in [3.05, 3.63) is 54.0 Å². The third-order valence-electron chi connectivity index (χ3n) is 4.93. The number of hydrogen-bond donors (Lipinski definition) is 1. The van der Waals surface area contributed by atoms with E-state index in [1.54, 1.807) is 31.5 Å². The van der Waals surface area contributed by atoms with Gasteiger partial charge in [-0.3, -0.25) is 0 Å². The molecule has 1 atom stereocenters. The van der Waals surface area contributed by atoms with Gasteiger partial charge < -0.3 is 24.4 Å². The standard InChI is InChI=1S/C23H31FN4O3/c1-3-25-23(28-10-9-19(16-28)17-30-12-11-29-2)27-15-18-7-8-22(26-14-18)31-21-6-4-5-20(24)13-21/h4-8,13-14,19H,3,9-12,15-17H2,1-2H3,(H,25,27). The van der Waals surface area contributed by atoms with Crippen molar-refractivity contribution in [1.29, 1.82) is 0 Å². The van der Waals surface area contributed by atoms with Gasteiger partial charge in [0.2, 0.25) is 5.88 Å². The van der Waals surface area contributed by atoms with Gasteiger partial charge in [0, 0.05) is 51.0 Å². The number of halogens is 1. The molecule has 0 radical (unpaired) electrons. The van der Waals surface area contributed by atoms with Crippen molar-refractivity contribution in [2.24, 2.45) is 10.9 Å². The van der Waals surface area contributed by atoms with E-state index in [2.05, 4.69) is 22.1 Å². The van der Waals surface area contributed by atoms with Crippen LogP contribution in [0.4, 0.5) is 4.39 Å². The van der Waals surface area contributed by atoms with Crippen LogP contribution in [0.25, 0.3) is 0 Å². The quantitative estimate of drug-likeness (QED) is 0.354. The first-order valence-electron chi connectivity index (χ1n) is 10.7. The Morgan fingerprint density at radius 2 is 2.19 bits per heavy atom. The molecule has 1 aliphatic rings. The predicted molar refractivity (Wildman–Crippen MR) is 118 cm³/mol. The monoisotopic (exact) mass is 430 g/mol. The Hall–Kier alpha value is -2.71. The summed E-state index contributed by atoms with van der Waals surface area (Å²) in [6, 6.07) is 9.69. The number of nitrogens with one attached hydrogen (secondary N) is 1. The summed E-state index contributed by atoms with van der Waals surface area (Å²) < 4.78 is 29.6. The molecule has 0 saturated carbocycles. The number of rotatable bonds is 10. The van der Waals surface area contributed by atoms with Gasteiger partial charge in [0.25, 0.3) is 0 Å². The minimum Gasteiger partial charge on any atom is -0.439 e. The molecule has 2 aromatic rings. The van der Waals surface area contributed by atoms with E-state index in [0.717, 1.165) is 44.2 Å². The highest BCUT2D eigenvalue weighted by Crippen LogP contribution is 2.20. The molecule has 0 spiro atoms. The maximum absolute atomic E-state index is 13.3. The number of pyridine rings is 1. The van der Waals surface area contributed by atoms with Crippen LogP contribution in [0.5, 0.6) is 11.6 Å². The maximum Gasteiger partial charge on any atom is 0.219 e. The third-order valence-corrected chi connectivity index (χ3v) is 4.93. The molecule has 1 N–H and O–H groups in total. The minimum absolute atomic E-state index is 0.342. The Balaban J connectivity index is 1.53. The largest absolute Gasteiger partial charge is 0.439 e. The summed E-state index contributed by atoms with van der Waals surface area (Å²) in [6.07, 6.45) is 2.82. The lowest BCUT2D eigenvalue weighted by Gasteiger charge is -2.21. The lowest BCUT2D eigenvalue weighted by atomic mass is 10.1. The molecule has 1 aromatic carbocycles. The smallest absolute Gasteiger partial charge is 0.219 e. The van der Waals surface area contributed by atoms with Crippen molar-refractivity contribution >= 4 is 5.96 Å². The molecule has 3 rings (SSSR count). The van der Waals surface area contributed by atoms with Crippen LogP contribution in [0, 0.1) is 11.7 Å². The molecular weight excluding hydrogens is 399 g/mol. The molecule has 0 bridgehead atoms. The van der Waals surface area contributed by atoms with Crippen molar-refractivity contribution in [1.82, 2.24) is 15.2 Å². The van der Waals surface area contributed by atoms with Gasteiger partial charge in [-0.2, -0.15) is 0 Å². The Bertz CT molecular complexity index is 832. The van der Waals surface area contributed by atoms with E-state index in [1.807, 2.05) is 6.07 Å². The SMILES string of the molecule is CCNC(=NCc1ccc(Oc2cccc(F)c2)nc1)N1CCC(COCCOC)C1. The number of methoxy groups -OCH3 is 1. The van der Waals surface area contributed by atoms with E-state index >= 15 is 0 Å². The first kappa shape index (κ1) is 23.0. The van der Waals surface area contributed by atoms with E-state index < -0.39 is 0 Å². The average Bonchev–Trinajstić information content (AvgIpc) is 3.24. The number of ether oxygens (including phenoxy) is 3. The summed E-state index contributed by atoms with van der Waals surface area (Å²) in [7, 11) is 1.68. The van der Waals surface area contributed by atoms with Crippen LogP contribution in [0.3, 0.4) is 0 Å². The van der Waals surface area contributed by atoms with Gasteiger partial charge >= 0.3 is 0 Å². The highest BCUT2D eigenvalue weighted by atomic mass is 19.1. The molecule has 168 valence electrons. The zero-order chi connectivity index (χ0) is 21.9. The van der Waals surface area contributed by atoms with Crippen LogP contribution < -0.4 is 10.1 Å². The third kappa shape index (κ3) is 7.48. The molecule has 7 nitrogen and oxygen atoms in total. The van der Waals surface area contributed by atoms with Gasteiger partial charge in [-0.05, 0) is 31.0 Å².